The Morgan fingerprint density at radius 2 is 1.81 bits per heavy atom. The number of rotatable bonds is 7. The molecule has 0 heterocycles. The molecular formula is C12H28O3S. The topological polar surface area (TPSA) is 38.7 Å². The Balaban J connectivity index is 4.20. The first kappa shape index (κ1) is 16.2. The minimum Gasteiger partial charge on any atom is -0.371 e. The van der Waals surface area contributed by atoms with Crippen LogP contribution in [-0.4, -0.2) is 41.9 Å². The monoisotopic (exact) mass is 252 g/mol. The molecule has 0 radical (unpaired) electrons. The lowest BCUT2D eigenvalue weighted by atomic mass is 10.2. The van der Waals surface area contributed by atoms with Gasteiger partial charge >= 0.3 is 0 Å². The Bertz CT molecular complexity index is 187. The molecule has 0 unspecified atom stereocenters. The molecule has 0 saturated heterocycles. The largest absolute Gasteiger partial charge is 0.371 e. The Morgan fingerprint density at radius 1 is 1.25 bits per heavy atom. The summed E-state index contributed by atoms with van der Waals surface area (Å²) < 4.78 is 11.4. The van der Waals surface area contributed by atoms with Crippen LogP contribution in [0, 0.1) is 0 Å². The van der Waals surface area contributed by atoms with Gasteiger partial charge in [0.25, 0.3) is 0 Å². The van der Waals surface area contributed by atoms with Crippen LogP contribution in [0.5, 0.6) is 0 Å². The van der Waals surface area contributed by atoms with Crippen LogP contribution < -0.4 is 0 Å². The van der Waals surface area contributed by atoms with Crippen molar-refractivity contribution in [3.8, 4) is 0 Å². The highest BCUT2D eigenvalue weighted by Gasteiger charge is 2.30. The van der Waals surface area contributed by atoms with Crippen LogP contribution in [0.2, 0.25) is 0 Å². The van der Waals surface area contributed by atoms with Gasteiger partial charge in [0.1, 0.15) is 6.79 Å². The second kappa shape index (κ2) is 6.84. The van der Waals surface area contributed by atoms with Gasteiger partial charge in [0.05, 0.1) is 12.7 Å². The number of hydrogen-bond acceptors (Lipinski definition) is 3. The molecular weight excluding hydrogens is 224 g/mol. The number of ether oxygens (including phenoxy) is 1. The molecule has 3 nitrogen and oxygen atoms in total. The van der Waals surface area contributed by atoms with Gasteiger partial charge in [-0.15, -0.1) is 10.3 Å². The second-order valence-corrected chi connectivity index (χ2v) is 9.18. The summed E-state index contributed by atoms with van der Waals surface area (Å²) >= 11 is 0. The fourth-order valence-corrected chi connectivity index (χ4v) is 2.29. The molecule has 16 heavy (non-hydrogen) atoms. The van der Waals surface area contributed by atoms with Crippen LogP contribution in [0.3, 0.4) is 0 Å². The van der Waals surface area contributed by atoms with Crippen molar-refractivity contribution >= 4 is 10.3 Å². The molecule has 1 N–H and O–H groups in total. The third kappa shape index (κ3) is 5.53. The summed E-state index contributed by atoms with van der Waals surface area (Å²) in [7, 11) is -1.06. The molecule has 0 fully saturated rings. The van der Waals surface area contributed by atoms with Crippen molar-refractivity contribution in [3.05, 3.63) is 0 Å². The van der Waals surface area contributed by atoms with Gasteiger partial charge in [-0.25, -0.2) is 0 Å². The van der Waals surface area contributed by atoms with Gasteiger partial charge in [-0.2, -0.15) is 0 Å². The molecule has 4 heteroatoms. The Labute approximate surface area is 102 Å². The van der Waals surface area contributed by atoms with Crippen LogP contribution in [0.25, 0.3) is 0 Å². The lowest BCUT2D eigenvalue weighted by molar-refractivity contribution is -0.0115. The van der Waals surface area contributed by atoms with Crippen molar-refractivity contribution in [3.63, 3.8) is 0 Å². The molecule has 0 saturated carbocycles. The van der Waals surface area contributed by atoms with Crippen LogP contribution >= 0.6 is 10.3 Å². The van der Waals surface area contributed by atoms with Crippen molar-refractivity contribution in [2.24, 2.45) is 0 Å². The fraction of sp³-hybridized carbons (Fsp3) is 1.00. The maximum Gasteiger partial charge on any atom is 0.143 e. The lowest BCUT2D eigenvalue weighted by Gasteiger charge is -2.46. The summed E-state index contributed by atoms with van der Waals surface area (Å²) in [5, 5.41) is 8.56. The zero-order valence-electron chi connectivity index (χ0n) is 11.6. The average molecular weight is 252 g/mol. The molecule has 0 aliphatic heterocycles. The number of aliphatic hydroxyl groups is 1. The molecule has 1 atom stereocenters. The third-order valence-corrected chi connectivity index (χ3v) is 6.68. The van der Waals surface area contributed by atoms with E-state index in [4.69, 9.17) is 14.0 Å². The zero-order valence-corrected chi connectivity index (χ0v) is 12.4. The Morgan fingerprint density at radius 3 is 2.19 bits per heavy atom. The van der Waals surface area contributed by atoms with Gasteiger partial charge in [0.15, 0.2) is 0 Å². The third-order valence-electron chi connectivity index (χ3n) is 2.98. The van der Waals surface area contributed by atoms with Crippen molar-refractivity contribution in [1.82, 2.24) is 0 Å². The van der Waals surface area contributed by atoms with E-state index in [0.29, 0.717) is 6.61 Å². The smallest absolute Gasteiger partial charge is 0.143 e. The zero-order chi connectivity index (χ0) is 12.8. The van der Waals surface area contributed by atoms with Crippen molar-refractivity contribution in [2.45, 2.75) is 51.4 Å². The van der Waals surface area contributed by atoms with Gasteiger partial charge < -0.3 is 14.0 Å². The van der Waals surface area contributed by atoms with E-state index in [1.165, 1.54) is 0 Å². The summed E-state index contributed by atoms with van der Waals surface area (Å²) in [5.74, 6) is 0. The molecule has 100 valence electrons. The maximum absolute atomic E-state index is 8.56. The lowest BCUT2D eigenvalue weighted by Crippen LogP contribution is -2.29. The summed E-state index contributed by atoms with van der Waals surface area (Å²) in [6.45, 7) is 9.15. The minimum absolute atomic E-state index is 0.193. The van der Waals surface area contributed by atoms with E-state index in [1.807, 2.05) is 0 Å². The summed E-state index contributed by atoms with van der Waals surface area (Å²) in [5.41, 5.74) is 0. The number of aliphatic hydroxyl groups excluding tert-OH is 1. The van der Waals surface area contributed by atoms with Crippen molar-refractivity contribution < 1.29 is 14.0 Å². The summed E-state index contributed by atoms with van der Waals surface area (Å²) in [6.07, 6.45) is 6.49. The normalized spacial score (nSPS) is 16.2. The van der Waals surface area contributed by atoms with Crippen LogP contribution in [-0.2, 0) is 8.92 Å². The minimum atomic E-state index is -1.06. The van der Waals surface area contributed by atoms with Gasteiger partial charge in [-0.05, 0) is 25.4 Å². The van der Waals surface area contributed by atoms with Crippen molar-refractivity contribution in [1.29, 1.82) is 0 Å². The quantitative estimate of drug-likeness (QED) is 0.559. The molecule has 0 aromatic rings. The Kier molecular flexibility index (Phi) is 6.94. The molecule has 0 aliphatic carbocycles. The molecule has 0 aliphatic rings. The highest BCUT2D eigenvalue weighted by Crippen LogP contribution is 2.55. The Hall–Kier alpha value is 0.230. The van der Waals surface area contributed by atoms with E-state index in [2.05, 4.69) is 40.2 Å². The molecule has 0 rings (SSSR count). The van der Waals surface area contributed by atoms with E-state index < -0.39 is 10.3 Å². The SMILES string of the molecule is CC[C@@H](CCOCO)OS(C)(C)C(C)(C)C. The molecule has 0 aromatic carbocycles. The van der Waals surface area contributed by atoms with Crippen LogP contribution in [0.1, 0.15) is 40.5 Å². The van der Waals surface area contributed by atoms with E-state index in [1.54, 1.807) is 0 Å². The predicted octanol–water partition coefficient (Wildman–Crippen LogP) is 2.92. The van der Waals surface area contributed by atoms with Gasteiger partial charge in [0.2, 0.25) is 0 Å². The van der Waals surface area contributed by atoms with E-state index in [0.717, 1.165) is 12.8 Å². The van der Waals surface area contributed by atoms with E-state index in [9.17, 15) is 0 Å². The van der Waals surface area contributed by atoms with Gasteiger partial charge in [0, 0.05) is 4.75 Å². The average Bonchev–Trinajstić information content (AvgIpc) is 2.14. The fourth-order valence-electron chi connectivity index (χ4n) is 1.08. The summed E-state index contributed by atoms with van der Waals surface area (Å²) in [6, 6.07) is 0. The first-order valence-corrected chi connectivity index (χ1v) is 8.21. The highest BCUT2D eigenvalue weighted by molar-refractivity contribution is 8.29. The standard InChI is InChI=1S/C12H28O3S/c1-7-11(8-9-14-10-13)15-16(5,6)12(2,3)4/h11,13H,7-10H2,1-6H3/t11-/m0/s1. The van der Waals surface area contributed by atoms with Gasteiger partial charge in [-0.3, -0.25) is 0 Å². The predicted molar refractivity (Wildman–Crippen MR) is 72.0 cm³/mol. The molecule has 0 spiro atoms. The van der Waals surface area contributed by atoms with Crippen LogP contribution in [0.15, 0.2) is 0 Å². The molecule has 0 amide bonds. The van der Waals surface area contributed by atoms with E-state index >= 15 is 0 Å². The van der Waals surface area contributed by atoms with E-state index in [-0.39, 0.29) is 17.6 Å². The highest BCUT2D eigenvalue weighted by atomic mass is 32.3. The maximum atomic E-state index is 8.56. The first-order valence-electron chi connectivity index (χ1n) is 5.84. The molecule has 0 aromatic heterocycles. The van der Waals surface area contributed by atoms with Crippen LogP contribution in [0.4, 0.5) is 0 Å². The second-order valence-electron chi connectivity index (χ2n) is 5.30. The molecule has 0 bridgehead atoms. The number of hydrogen-bond donors (Lipinski definition) is 1. The summed E-state index contributed by atoms with van der Waals surface area (Å²) in [4.78, 5) is 0. The first-order chi connectivity index (χ1) is 7.24. The van der Waals surface area contributed by atoms with Crippen molar-refractivity contribution in [2.75, 3.05) is 25.9 Å². The van der Waals surface area contributed by atoms with Gasteiger partial charge in [-0.1, -0.05) is 27.7 Å².